The van der Waals surface area contributed by atoms with Gasteiger partial charge in [0.05, 0.1) is 12.7 Å². The number of aromatic carboxylic acids is 1. The smallest absolute Gasteiger partial charge is 0.335 e. The minimum absolute atomic E-state index is 0.231. The Kier molecular flexibility index (Phi) is 2.73. The zero-order valence-corrected chi connectivity index (χ0v) is 10.2. The number of carbonyl (C=O) groups is 1. The molecule has 0 saturated heterocycles. The highest BCUT2D eigenvalue weighted by Crippen LogP contribution is 2.40. The molecule has 0 spiro atoms. The second kappa shape index (κ2) is 3.95. The van der Waals surface area contributed by atoms with Gasteiger partial charge in [-0.1, -0.05) is 0 Å². The van der Waals surface area contributed by atoms with Crippen LogP contribution in [0, 0.1) is 0 Å². The molecule has 92 valence electrons. The van der Waals surface area contributed by atoms with Crippen LogP contribution in [0.5, 0.6) is 11.5 Å². The van der Waals surface area contributed by atoms with Gasteiger partial charge >= 0.3 is 5.97 Å². The molecule has 1 N–H and O–H groups in total. The molecular formula is C13H16O4. The van der Waals surface area contributed by atoms with Crippen molar-refractivity contribution >= 4 is 5.97 Å². The number of methoxy groups -OCH3 is 1. The van der Waals surface area contributed by atoms with E-state index in [0.29, 0.717) is 11.5 Å². The summed E-state index contributed by atoms with van der Waals surface area (Å²) in [6.07, 6.45) is 1.67. The Hall–Kier alpha value is -1.71. The van der Waals surface area contributed by atoms with Gasteiger partial charge in [0.1, 0.15) is 5.60 Å². The summed E-state index contributed by atoms with van der Waals surface area (Å²) in [6, 6.07) is 3.16. The van der Waals surface area contributed by atoms with E-state index in [9.17, 15) is 4.79 Å². The van der Waals surface area contributed by atoms with Gasteiger partial charge in [-0.2, -0.15) is 0 Å². The molecule has 0 aromatic heterocycles. The maximum Gasteiger partial charge on any atom is 0.335 e. The number of ether oxygens (including phenoxy) is 2. The number of carboxylic acid groups (broad SMARTS) is 1. The van der Waals surface area contributed by atoms with Gasteiger partial charge in [-0.3, -0.25) is 0 Å². The van der Waals surface area contributed by atoms with Crippen molar-refractivity contribution in [1.29, 1.82) is 0 Å². The van der Waals surface area contributed by atoms with Crippen LogP contribution in [-0.4, -0.2) is 23.8 Å². The molecule has 0 saturated carbocycles. The van der Waals surface area contributed by atoms with Crippen molar-refractivity contribution in [1.82, 2.24) is 0 Å². The normalized spacial score (nSPS) is 16.9. The Balaban J connectivity index is 2.51. The third-order valence-electron chi connectivity index (χ3n) is 2.97. The van der Waals surface area contributed by atoms with E-state index in [1.54, 1.807) is 6.07 Å². The zero-order chi connectivity index (χ0) is 12.6. The Labute approximate surface area is 100 Å². The van der Waals surface area contributed by atoms with Crippen molar-refractivity contribution in [2.24, 2.45) is 0 Å². The monoisotopic (exact) mass is 236 g/mol. The molecule has 0 radical (unpaired) electrons. The van der Waals surface area contributed by atoms with Crippen molar-refractivity contribution in [3.63, 3.8) is 0 Å². The first-order valence-corrected chi connectivity index (χ1v) is 5.56. The van der Waals surface area contributed by atoms with E-state index in [4.69, 9.17) is 14.6 Å². The van der Waals surface area contributed by atoms with Crippen molar-refractivity contribution in [3.8, 4) is 11.5 Å². The number of hydrogen-bond acceptors (Lipinski definition) is 3. The summed E-state index contributed by atoms with van der Waals surface area (Å²) in [7, 11) is 1.52. The molecule has 1 aliphatic heterocycles. The Morgan fingerprint density at radius 1 is 1.47 bits per heavy atom. The Bertz CT molecular complexity index is 445. The van der Waals surface area contributed by atoms with E-state index in [0.717, 1.165) is 18.4 Å². The van der Waals surface area contributed by atoms with Crippen LogP contribution in [0.1, 0.15) is 36.2 Å². The third-order valence-corrected chi connectivity index (χ3v) is 2.97. The molecule has 1 heterocycles. The molecule has 0 bridgehead atoms. The highest BCUT2D eigenvalue weighted by Gasteiger charge is 2.29. The quantitative estimate of drug-likeness (QED) is 0.857. The number of aryl methyl sites for hydroxylation is 1. The van der Waals surface area contributed by atoms with E-state index < -0.39 is 5.97 Å². The number of rotatable bonds is 2. The van der Waals surface area contributed by atoms with Gasteiger partial charge in [0.2, 0.25) is 0 Å². The second-order valence-electron chi connectivity index (χ2n) is 4.83. The second-order valence-corrected chi connectivity index (χ2v) is 4.83. The van der Waals surface area contributed by atoms with Crippen LogP contribution in [0.15, 0.2) is 12.1 Å². The fraction of sp³-hybridized carbons (Fsp3) is 0.462. The molecule has 0 fully saturated rings. The number of fused-ring (bicyclic) bond motifs is 1. The van der Waals surface area contributed by atoms with Crippen LogP contribution in [0.25, 0.3) is 0 Å². The van der Waals surface area contributed by atoms with Crippen LogP contribution in [0.4, 0.5) is 0 Å². The summed E-state index contributed by atoms with van der Waals surface area (Å²) in [5.74, 6) is 0.220. The summed E-state index contributed by atoms with van der Waals surface area (Å²) >= 11 is 0. The number of benzene rings is 1. The van der Waals surface area contributed by atoms with E-state index >= 15 is 0 Å². The first kappa shape index (κ1) is 11.8. The van der Waals surface area contributed by atoms with Crippen molar-refractivity contribution in [2.75, 3.05) is 7.11 Å². The van der Waals surface area contributed by atoms with Crippen molar-refractivity contribution in [3.05, 3.63) is 23.3 Å². The predicted molar refractivity (Wildman–Crippen MR) is 63.0 cm³/mol. The maximum absolute atomic E-state index is 11.0. The summed E-state index contributed by atoms with van der Waals surface area (Å²) in [5.41, 5.74) is 0.912. The minimum Gasteiger partial charge on any atom is -0.493 e. The van der Waals surface area contributed by atoms with E-state index in [1.807, 2.05) is 13.8 Å². The molecule has 1 aliphatic rings. The summed E-state index contributed by atoms with van der Waals surface area (Å²) in [5, 5.41) is 9.01. The fourth-order valence-corrected chi connectivity index (χ4v) is 2.00. The van der Waals surface area contributed by atoms with Gasteiger partial charge in [0, 0.05) is 0 Å². The van der Waals surface area contributed by atoms with E-state index in [1.165, 1.54) is 13.2 Å². The lowest BCUT2D eigenvalue weighted by Crippen LogP contribution is -2.32. The SMILES string of the molecule is COc1cc(C(=O)O)cc2c1OC(C)(C)CC2. The standard InChI is InChI=1S/C13H16O4/c1-13(2)5-4-8-6-9(12(14)15)7-10(16-3)11(8)17-13/h6-7H,4-5H2,1-3H3,(H,14,15). The minimum atomic E-state index is -0.948. The largest absolute Gasteiger partial charge is 0.493 e. The fourth-order valence-electron chi connectivity index (χ4n) is 2.00. The maximum atomic E-state index is 11.0. The lowest BCUT2D eigenvalue weighted by atomic mass is 9.93. The molecular weight excluding hydrogens is 220 g/mol. The predicted octanol–water partition coefficient (Wildman–Crippen LogP) is 2.50. The molecule has 17 heavy (non-hydrogen) atoms. The average molecular weight is 236 g/mol. The Morgan fingerprint density at radius 3 is 2.76 bits per heavy atom. The summed E-state index contributed by atoms with van der Waals surface area (Å²) in [4.78, 5) is 11.0. The molecule has 2 rings (SSSR count). The van der Waals surface area contributed by atoms with Gasteiger partial charge < -0.3 is 14.6 Å². The van der Waals surface area contributed by atoms with Gasteiger partial charge in [-0.05, 0) is 44.4 Å². The summed E-state index contributed by atoms with van der Waals surface area (Å²) in [6.45, 7) is 4.03. The van der Waals surface area contributed by atoms with Crippen LogP contribution >= 0.6 is 0 Å². The lowest BCUT2D eigenvalue weighted by Gasteiger charge is -2.33. The van der Waals surface area contributed by atoms with Crippen molar-refractivity contribution < 1.29 is 19.4 Å². The van der Waals surface area contributed by atoms with Crippen LogP contribution < -0.4 is 9.47 Å². The highest BCUT2D eigenvalue weighted by molar-refractivity contribution is 5.89. The van der Waals surface area contributed by atoms with Gasteiger partial charge in [0.15, 0.2) is 11.5 Å². The molecule has 4 heteroatoms. The molecule has 0 atom stereocenters. The first-order valence-electron chi connectivity index (χ1n) is 5.56. The first-order chi connectivity index (χ1) is 7.93. The topological polar surface area (TPSA) is 55.8 Å². The van der Waals surface area contributed by atoms with Crippen LogP contribution in [0.3, 0.4) is 0 Å². The Morgan fingerprint density at radius 2 is 2.18 bits per heavy atom. The van der Waals surface area contributed by atoms with Crippen LogP contribution in [-0.2, 0) is 6.42 Å². The summed E-state index contributed by atoms with van der Waals surface area (Å²) < 4.78 is 11.1. The van der Waals surface area contributed by atoms with E-state index in [-0.39, 0.29) is 11.2 Å². The molecule has 1 aromatic rings. The third kappa shape index (κ3) is 2.20. The molecule has 1 aromatic carbocycles. The molecule has 0 unspecified atom stereocenters. The molecule has 0 aliphatic carbocycles. The van der Waals surface area contributed by atoms with E-state index in [2.05, 4.69) is 0 Å². The van der Waals surface area contributed by atoms with Crippen molar-refractivity contribution in [2.45, 2.75) is 32.3 Å². The number of hydrogen-bond donors (Lipinski definition) is 1. The van der Waals surface area contributed by atoms with Crippen LogP contribution in [0.2, 0.25) is 0 Å². The zero-order valence-electron chi connectivity index (χ0n) is 10.2. The average Bonchev–Trinajstić information content (AvgIpc) is 2.26. The molecule has 0 amide bonds. The van der Waals surface area contributed by atoms with Gasteiger partial charge in [-0.25, -0.2) is 4.79 Å². The molecule has 4 nitrogen and oxygen atoms in total. The van der Waals surface area contributed by atoms with Gasteiger partial charge in [-0.15, -0.1) is 0 Å². The number of carboxylic acids is 1. The van der Waals surface area contributed by atoms with Gasteiger partial charge in [0.25, 0.3) is 0 Å². The highest BCUT2D eigenvalue weighted by atomic mass is 16.5. The lowest BCUT2D eigenvalue weighted by molar-refractivity contribution is 0.0693.